The fourth-order valence-corrected chi connectivity index (χ4v) is 1.52. The molecule has 1 fully saturated rings. The van der Waals surface area contributed by atoms with E-state index in [2.05, 4.69) is 15.6 Å². The average molecular weight is 222 g/mol. The van der Waals surface area contributed by atoms with E-state index in [1.54, 1.807) is 11.0 Å². The van der Waals surface area contributed by atoms with Gasteiger partial charge in [-0.25, -0.2) is 9.78 Å². The fraction of sp³-hybridized carbons (Fsp3) is 0.400. The molecular formula is C10H14N4O2. The predicted octanol–water partition coefficient (Wildman–Crippen LogP) is 0.224. The Balaban J connectivity index is 1.93. The van der Waals surface area contributed by atoms with Gasteiger partial charge in [0.05, 0.1) is 6.20 Å². The quantitative estimate of drug-likeness (QED) is 0.635. The van der Waals surface area contributed by atoms with Crippen LogP contribution in [-0.4, -0.2) is 47.2 Å². The van der Waals surface area contributed by atoms with Crippen LogP contribution in [0.15, 0.2) is 18.3 Å². The summed E-state index contributed by atoms with van der Waals surface area (Å²) in [7, 11) is 0. The molecule has 0 spiro atoms. The van der Waals surface area contributed by atoms with Gasteiger partial charge in [-0.1, -0.05) is 0 Å². The third-order valence-corrected chi connectivity index (χ3v) is 2.39. The Hall–Kier alpha value is -1.82. The van der Waals surface area contributed by atoms with Crippen molar-refractivity contribution in [1.29, 1.82) is 0 Å². The molecule has 0 bridgehead atoms. The van der Waals surface area contributed by atoms with Gasteiger partial charge in [-0.3, -0.25) is 5.32 Å². The number of piperazine rings is 1. The second-order valence-corrected chi connectivity index (χ2v) is 3.57. The third kappa shape index (κ3) is 2.60. The number of amides is 2. The number of carbonyl (C=O) groups is 1. The van der Waals surface area contributed by atoms with Crippen LogP contribution in [0, 0.1) is 0 Å². The Morgan fingerprint density at radius 2 is 2.19 bits per heavy atom. The SMILES string of the molecule is O=C(Nc1ccc(O)cn1)N1CCNCC1. The summed E-state index contributed by atoms with van der Waals surface area (Å²) in [5, 5.41) is 14.9. The van der Waals surface area contributed by atoms with E-state index in [-0.39, 0.29) is 11.8 Å². The maximum Gasteiger partial charge on any atom is 0.323 e. The van der Waals surface area contributed by atoms with E-state index >= 15 is 0 Å². The van der Waals surface area contributed by atoms with Crippen LogP contribution in [-0.2, 0) is 0 Å². The molecule has 0 atom stereocenters. The van der Waals surface area contributed by atoms with E-state index in [4.69, 9.17) is 5.11 Å². The van der Waals surface area contributed by atoms with Gasteiger partial charge < -0.3 is 15.3 Å². The molecule has 2 heterocycles. The zero-order chi connectivity index (χ0) is 11.4. The average Bonchev–Trinajstić information content (AvgIpc) is 2.33. The number of aromatic hydroxyl groups is 1. The van der Waals surface area contributed by atoms with Crippen molar-refractivity contribution in [3.05, 3.63) is 18.3 Å². The predicted molar refractivity (Wildman–Crippen MR) is 59.4 cm³/mol. The van der Waals surface area contributed by atoms with Crippen molar-refractivity contribution in [1.82, 2.24) is 15.2 Å². The molecule has 0 radical (unpaired) electrons. The summed E-state index contributed by atoms with van der Waals surface area (Å²) in [6, 6.07) is 2.90. The van der Waals surface area contributed by atoms with Gasteiger partial charge in [0.1, 0.15) is 11.6 Å². The molecule has 0 aromatic carbocycles. The lowest BCUT2D eigenvalue weighted by Crippen LogP contribution is -2.48. The lowest BCUT2D eigenvalue weighted by molar-refractivity contribution is 0.204. The highest BCUT2D eigenvalue weighted by atomic mass is 16.3. The van der Waals surface area contributed by atoms with Crippen molar-refractivity contribution in [2.24, 2.45) is 0 Å². The van der Waals surface area contributed by atoms with Gasteiger partial charge in [0.15, 0.2) is 0 Å². The first kappa shape index (κ1) is 10.7. The number of hydrogen-bond acceptors (Lipinski definition) is 4. The number of nitrogens with one attached hydrogen (secondary N) is 2. The molecule has 2 amide bonds. The second kappa shape index (κ2) is 4.80. The molecule has 86 valence electrons. The summed E-state index contributed by atoms with van der Waals surface area (Å²) in [6.45, 7) is 3.03. The molecule has 1 aromatic heterocycles. The summed E-state index contributed by atoms with van der Waals surface area (Å²) >= 11 is 0. The zero-order valence-corrected chi connectivity index (χ0v) is 8.81. The van der Waals surface area contributed by atoms with E-state index < -0.39 is 0 Å². The first-order valence-corrected chi connectivity index (χ1v) is 5.17. The molecule has 1 aliphatic heterocycles. The van der Waals surface area contributed by atoms with Gasteiger partial charge in [-0.2, -0.15) is 0 Å². The number of rotatable bonds is 1. The lowest BCUT2D eigenvalue weighted by Gasteiger charge is -2.27. The minimum Gasteiger partial charge on any atom is -0.506 e. The second-order valence-electron chi connectivity index (χ2n) is 3.57. The van der Waals surface area contributed by atoms with E-state index in [1.807, 2.05) is 0 Å². The minimum absolute atomic E-state index is 0.0835. The summed E-state index contributed by atoms with van der Waals surface area (Å²) in [4.78, 5) is 17.4. The maximum absolute atomic E-state index is 11.7. The molecule has 16 heavy (non-hydrogen) atoms. The standard InChI is InChI=1S/C10H14N4O2/c15-8-1-2-9(12-7-8)13-10(16)14-5-3-11-4-6-14/h1-2,7,11,15H,3-6H2,(H,12,13,16). The fourth-order valence-electron chi connectivity index (χ4n) is 1.52. The van der Waals surface area contributed by atoms with Gasteiger partial charge in [-0.15, -0.1) is 0 Å². The minimum atomic E-state index is -0.153. The van der Waals surface area contributed by atoms with Crippen LogP contribution in [0.4, 0.5) is 10.6 Å². The Bertz CT molecular complexity index is 360. The molecule has 0 aliphatic carbocycles. The summed E-state index contributed by atoms with van der Waals surface area (Å²) in [5.74, 6) is 0.529. The largest absolute Gasteiger partial charge is 0.506 e. The van der Waals surface area contributed by atoms with Gasteiger partial charge in [0.25, 0.3) is 0 Å². The van der Waals surface area contributed by atoms with Crippen LogP contribution in [0.2, 0.25) is 0 Å². The molecular weight excluding hydrogens is 208 g/mol. The number of hydrogen-bond donors (Lipinski definition) is 3. The highest BCUT2D eigenvalue weighted by molar-refractivity contribution is 5.88. The van der Waals surface area contributed by atoms with Crippen LogP contribution < -0.4 is 10.6 Å². The number of carbonyl (C=O) groups excluding carboxylic acids is 1. The van der Waals surface area contributed by atoms with Crippen molar-refractivity contribution < 1.29 is 9.90 Å². The maximum atomic E-state index is 11.7. The molecule has 1 aliphatic rings. The summed E-state index contributed by atoms with van der Waals surface area (Å²) in [6.07, 6.45) is 1.30. The molecule has 3 N–H and O–H groups in total. The van der Waals surface area contributed by atoms with E-state index in [1.165, 1.54) is 12.3 Å². The number of aromatic nitrogens is 1. The Morgan fingerprint density at radius 3 is 2.81 bits per heavy atom. The summed E-state index contributed by atoms with van der Waals surface area (Å²) in [5.41, 5.74) is 0. The molecule has 1 saturated heterocycles. The molecule has 6 heteroatoms. The highest BCUT2D eigenvalue weighted by Crippen LogP contribution is 2.10. The third-order valence-electron chi connectivity index (χ3n) is 2.39. The van der Waals surface area contributed by atoms with Crippen molar-refractivity contribution >= 4 is 11.8 Å². The van der Waals surface area contributed by atoms with Gasteiger partial charge >= 0.3 is 6.03 Å². The Labute approximate surface area is 93.3 Å². The molecule has 0 unspecified atom stereocenters. The number of pyridine rings is 1. The number of anilines is 1. The highest BCUT2D eigenvalue weighted by Gasteiger charge is 2.16. The Kier molecular flexibility index (Phi) is 3.21. The Morgan fingerprint density at radius 1 is 1.44 bits per heavy atom. The topological polar surface area (TPSA) is 77.5 Å². The van der Waals surface area contributed by atoms with Crippen LogP contribution in [0.5, 0.6) is 5.75 Å². The van der Waals surface area contributed by atoms with Crippen molar-refractivity contribution in [2.45, 2.75) is 0 Å². The molecule has 2 rings (SSSR count). The molecule has 0 saturated carbocycles. The van der Waals surface area contributed by atoms with Crippen LogP contribution >= 0.6 is 0 Å². The van der Waals surface area contributed by atoms with E-state index in [0.29, 0.717) is 18.9 Å². The molecule has 1 aromatic rings. The van der Waals surface area contributed by atoms with Crippen molar-refractivity contribution in [3.63, 3.8) is 0 Å². The first-order chi connectivity index (χ1) is 7.75. The molecule has 6 nitrogen and oxygen atoms in total. The van der Waals surface area contributed by atoms with E-state index in [0.717, 1.165) is 13.1 Å². The van der Waals surface area contributed by atoms with E-state index in [9.17, 15) is 4.79 Å². The van der Waals surface area contributed by atoms with Crippen LogP contribution in [0.1, 0.15) is 0 Å². The zero-order valence-electron chi connectivity index (χ0n) is 8.81. The number of nitrogens with zero attached hydrogens (tertiary/aromatic N) is 2. The van der Waals surface area contributed by atoms with Gasteiger partial charge in [0, 0.05) is 26.2 Å². The van der Waals surface area contributed by atoms with Gasteiger partial charge in [-0.05, 0) is 12.1 Å². The van der Waals surface area contributed by atoms with Crippen LogP contribution in [0.25, 0.3) is 0 Å². The van der Waals surface area contributed by atoms with Gasteiger partial charge in [0.2, 0.25) is 0 Å². The first-order valence-electron chi connectivity index (χ1n) is 5.17. The number of urea groups is 1. The monoisotopic (exact) mass is 222 g/mol. The normalized spacial score (nSPS) is 15.9. The summed E-state index contributed by atoms with van der Waals surface area (Å²) < 4.78 is 0. The smallest absolute Gasteiger partial charge is 0.323 e. The lowest BCUT2D eigenvalue weighted by atomic mass is 10.4. The van der Waals surface area contributed by atoms with Crippen molar-refractivity contribution in [3.8, 4) is 5.75 Å². The van der Waals surface area contributed by atoms with Crippen molar-refractivity contribution in [2.75, 3.05) is 31.5 Å². The van der Waals surface area contributed by atoms with Crippen LogP contribution in [0.3, 0.4) is 0 Å².